The fraction of sp³-hybridized carbons (Fsp3) is 0.467. The lowest BCUT2D eigenvalue weighted by molar-refractivity contribution is -0.119. The number of carbonyl (C=O) groups is 1. The number of benzene rings is 1. The zero-order valence-corrected chi connectivity index (χ0v) is 13.4. The third-order valence-electron chi connectivity index (χ3n) is 3.10. The van der Waals surface area contributed by atoms with E-state index in [4.69, 9.17) is 11.0 Å². The van der Waals surface area contributed by atoms with E-state index < -0.39 is 0 Å². The number of halogens is 1. The molecule has 0 saturated heterocycles. The molecule has 0 aromatic heterocycles. The van der Waals surface area contributed by atoms with Gasteiger partial charge in [0.15, 0.2) is 0 Å². The van der Waals surface area contributed by atoms with Gasteiger partial charge in [-0.15, -0.1) is 0 Å². The molecule has 0 spiro atoms. The van der Waals surface area contributed by atoms with E-state index in [0.717, 1.165) is 19.3 Å². The predicted molar refractivity (Wildman–Crippen MR) is 84.2 cm³/mol. The van der Waals surface area contributed by atoms with Crippen LogP contribution in [-0.2, 0) is 4.79 Å². The number of nitrogens with one attached hydrogen (secondary N) is 1. The number of rotatable bonds is 6. The second-order valence-electron chi connectivity index (χ2n) is 5.10. The summed E-state index contributed by atoms with van der Waals surface area (Å²) in [5.41, 5.74) is 6.94. The molecule has 0 fully saturated rings. The van der Waals surface area contributed by atoms with Crippen LogP contribution in [0.1, 0.15) is 38.7 Å². The molecule has 0 heterocycles. The number of hydrogen-bond donors (Lipinski definition) is 2. The van der Waals surface area contributed by atoms with Crippen molar-refractivity contribution < 1.29 is 4.79 Å². The number of nitrogens with zero attached hydrogens (tertiary/aromatic N) is 1. The molecule has 1 aromatic carbocycles. The molecule has 2 unspecified atom stereocenters. The molecule has 5 heteroatoms. The van der Waals surface area contributed by atoms with Crippen molar-refractivity contribution >= 4 is 27.5 Å². The van der Waals surface area contributed by atoms with Crippen molar-refractivity contribution in [1.29, 1.82) is 5.26 Å². The molecule has 20 heavy (non-hydrogen) atoms. The van der Waals surface area contributed by atoms with Crippen LogP contribution in [0.3, 0.4) is 0 Å². The Bertz CT molecular complexity index is 508. The Morgan fingerprint density at radius 3 is 2.70 bits per heavy atom. The van der Waals surface area contributed by atoms with E-state index in [1.807, 2.05) is 13.8 Å². The van der Waals surface area contributed by atoms with Gasteiger partial charge in [-0.25, -0.2) is 0 Å². The van der Waals surface area contributed by atoms with Crippen LogP contribution in [0.25, 0.3) is 0 Å². The maximum Gasteiger partial charge on any atom is 0.227 e. The minimum Gasteiger partial charge on any atom is -0.328 e. The Balaban J connectivity index is 2.55. The molecule has 3 N–H and O–H groups in total. The van der Waals surface area contributed by atoms with Gasteiger partial charge in [0.1, 0.15) is 0 Å². The lowest BCUT2D eigenvalue weighted by Gasteiger charge is -2.14. The summed E-state index contributed by atoms with van der Waals surface area (Å²) in [6.07, 6.45) is 2.69. The highest BCUT2D eigenvalue weighted by molar-refractivity contribution is 9.10. The fourth-order valence-corrected chi connectivity index (χ4v) is 2.30. The first-order valence-corrected chi connectivity index (χ1v) is 7.49. The molecule has 2 atom stereocenters. The highest BCUT2D eigenvalue weighted by Crippen LogP contribution is 2.24. The van der Waals surface area contributed by atoms with Crippen molar-refractivity contribution in [3.05, 3.63) is 28.2 Å². The molecule has 0 saturated carbocycles. The van der Waals surface area contributed by atoms with Gasteiger partial charge >= 0.3 is 0 Å². The van der Waals surface area contributed by atoms with E-state index in [2.05, 4.69) is 27.3 Å². The van der Waals surface area contributed by atoms with Crippen LogP contribution in [0.2, 0.25) is 0 Å². The maximum atomic E-state index is 12.1. The summed E-state index contributed by atoms with van der Waals surface area (Å²) in [5, 5.41) is 11.7. The molecular formula is C15H20BrN3O. The van der Waals surface area contributed by atoms with Gasteiger partial charge < -0.3 is 11.1 Å². The molecule has 1 rings (SSSR count). The first-order chi connectivity index (χ1) is 9.43. The highest BCUT2D eigenvalue weighted by atomic mass is 79.9. The molecular weight excluding hydrogens is 318 g/mol. The van der Waals surface area contributed by atoms with Crippen LogP contribution < -0.4 is 11.1 Å². The minimum atomic E-state index is -0.0590. The Kier molecular flexibility index (Phi) is 6.69. The molecule has 0 aliphatic rings. The standard InChI is InChI=1S/C15H20BrN3O/c1-10(4-3-5-11(2)18)15(20)19-14-7-6-12(9-17)8-13(14)16/h6-8,10-11H,3-5,18H2,1-2H3,(H,19,20). The summed E-state index contributed by atoms with van der Waals surface area (Å²) in [7, 11) is 0. The number of anilines is 1. The average Bonchev–Trinajstić information content (AvgIpc) is 2.40. The second kappa shape index (κ2) is 8.03. The topological polar surface area (TPSA) is 78.9 Å². The average molecular weight is 338 g/mol. The van der Waals surface area contributed by atoms with Gasteiger partial charge in [-0.2, -0.15) is 5.26 Å². The zero-order valence-electron chi connectivity index (χ0n) is 11.8. The number of nitriles is 1. The van der Waals surface area contributed by atoms with Crippen molar-refractivity contribution in [2.75, 3.05) is 5.32 Å². The number of amides is 1. The van der Waals surface area contributed by atoms with Crippen molar-refractivity contribution in [2.24, 2.45) is 11.7 Å². The van der Waals surface area contributed by atoms with Crippen molar-refractivity contribution in [2.45, 2.75) is 39.2 Å². The van der Waals surface area contributed by atoms with Gasteiger partial charge in [0.25, 0.3) is 0 Å². The van der Waals surface area contributed by atoms with Gasteiger partial charge in [-0.05, 0) is 53.9 Å². The van der Waals surface area contributed by atoms with Crippen LogP contribution in [0, 0.1) is 17.2 Å². The quantitative estimate of drug-likeness (QED) is 0.834. The van der Waals surface area contributed by atoms with Crippen LogP contribution >= 0.6 is 15.9 Å². The summed E-state index contributed by atoms with van der Waals surface area (Å²) in [6.45, 7) is 3.88. The Labute approximate surface area is 128 Å². The second-order valence-corrected chi connectivity index (χ2v) is 5.96. The molecule has 0 aliphatic heterocycles. The highest BCUT2D eigenvalue weighted by Gasteiger charge is 2.14. The van der Waals surface area contributed by atoms with Crippen molar-refractivity contribution in [1.82, 2.24) is 0 Å². The van der Waals surface area contributed by atoms with E-state index in [0.29, 0.717) is 15.7 Å². The zero-order chi connectivity index (χ0) is 15.1. The van der Waals surface area contributed by atoms with Crippen LogP contribution in [-0.4, -0.2) is 11.9 Å². The monoisotopic (exact) mass is 337 g/mol. The lowest BCUT2D eigenvalue weighted by Crippen LogP contribution is -2.21. The molecule has 0 aliphatic carbocycles. The SMILES string of the molecule is CC(N)CCCC(C)C(=O)Nc1ccc(C#N)cc1Br. The number of carbonyl (C=O) groups excluding carboxylic acids is 1. The molecule has 108 valence electrons. The van der Waals surface area contributed by atoms with E-state index in [-0.39, 0.29) is 17.9 Å². The molecule has 1 aromatic rings. The Hall–Kier alpha value is -1.38. The summed E-state index contributed by atoms with van der Waals surface area (Å²) < 4.78 is 0.715. The van der Waals surface area contributed by atoms with Gasteiger partial charge in [0.05, 0.1) is 17.3 Å². The van der Waals surface area contributed by atoms with Gasteiger partial charge in [-0.1, -0.05) is 13.3 Å². The first-order valence-electron chi connectivity index (χ1n) is 6.70. The van der Waals surface area contributed by atoms with Crippen LogP contribution in [0.15, 0.2) is 22.7 Å². The summed E-state index contributed by atoms with van der Waals surface area (Å²) in [4.78, 5) is 12.1. The lowest BCUT2D eigenvalue weighted by atomic mass is 10.0. The molecule has 4 nitrogen and oxygen atoms in total. The fourth-order valence-electron chi connectivity index (χ4n) is 1.82. The van der Waals surface area contributed by atoms with Crippen LogP contribution in [0.4, 0.5) is 5.69 Å². The smallest absolute Gasteiger partial charge is 0.227 e. The number of hydrogen-bond acceptors (Lipinski definition) is 3. The van der Waals surface area contributed by atoms with E-state index in [1.54, 1.807) is 18.2 Å². The largest absolute Gasteiger partial charge is 0.328 e. The van der Waals surface area contributed by atoms with E-state index in [9.17, 15) is 4.79 Å². The third-order valence-corrected chi connectivity index (χ3v) is 3.76. The van der Waals surface area contributed by atoms with Gasteiger partial charge in [0, 0.05) is 16.4 Å². The van der Waals surface area contributed by atoms with E-state index >= 15 is 0 Å². The normalized spacial score (nSPS) is 13.3. The first kappa shape index (κ1) is 16.7. The molecule has 0 bridgehead atoms. The van der Waals surface area contributed by atoms with Gasteiger partial charge in [-0.3, -0.25) is 4.79 Å². The summed E-state index contributed by atoms with van der Waals surface area (Å²) in [6, 6.07) is 7.34. The Morgan fingerprint density at radius 1 is 1.45 bits per heavy atom. The summed E-state index contributed by atoms with van der Waals surface area (Å²) >= 11 is 3.35. The summed E-state index contributed by atoms with van der Waals surface area (Å²) in [5.74, 6) is -0.0728. The van der Waals surface area contributed by atoms with Crippen LogP contribution in [0.5, 0.6) is 0 Å². The minimum absolute atomic E-state index is 0.0138. The third kappa shape index (κ3) is 5.32. The predicted octanol–water partition coefficient (Wildman–Crippen LogP) is 3.41. The van der Waals surface area contributed by atoms with Gasteiger partial charge in [0.2, 0.25) is 5.91 Å². The number of nitrogens with two attached hydrogens (primary N) is 1. The van der Waals surface area contributed by atoms with Crippen molar-refractivity contribution in [3.63, 3.8) is 0 Å². The maximum absolute atomic E-state index is 12.1. The molecule has 1 amide bonds. The Morgan fingerprint density at radius 2 is 2.15 bits per heavy atom. The molecule has 0 radical (unpaired) electrons. The van der Waals surface area contributed by atoms with E-state index in [1.165, 1.54) is 0 Å². The van der Waals surface area contributed by atoms with Crippen molar-refractivity contribution in [3.8, 4) is 6.07 Å².